The quantitative estimate of drug-likeness (QED) is 0.612. The highest BCUT2D eigenvalue weighted by Gasteiger charge is 2.07. The fraction of sp³-hybridized carbons (Fsp3) is 0.400. The highest BCUT2D eigenvalue weighted by Crippen LogP contribution is 2.19. The molecule has 0 radical (unpaired) electrons. The number of nitrogens with zero attached hydrogens (tertiary/aromatic N) is 2. The Labute approximate surface area is 88.9 Å². The van der Waals surface area contributed by atoms with Crippen molar-refractivity contribution in [1.82, 2.24) is 9.97 Å². The van der Waals surface area contributed by atoms with Crippen molar-refractivity contribution in [1.29, 1.82) is 0 Å². The summed E-state index contributed by atoms with van der Waals surface area (Å²) in [5, 5.41) is 3.49. The number of halogens is 1. The Morgan fingerprint density at radius 3 is 2.79 bits per heavy atom. The van der Waals surface area contributed by atoms with E-state index in [4.69, 9.17) is 18.0 Å². The van der Waals surface area contributed by atoms with Gasteiger partial charge in [-0.1, -0.05) is 24.4 Å². The van der Waals surface area contributed by atoms with Crippen LogP contribution in [0.4, 0.5) is 5.82 Å². The molecule has 1 aromatic rings. The van der Waals surface area contributed by atoms with Gasteiger partial charge in [-0.3, -0.25) is 0 Å². The number of aromatic nitrogens is 2. The van der Waals surface area contributed by atoms with Crippen LogP contribution in [0.5, 0.6) is 0 Å². The lowest BCUT2D eigenvalue weighted by molar-refractivity contribution is 0.930. The number of hydrogen-bond acceptors (Lipinski definition) is 3. The summed E-state index contributed by atoms with van der Waals surface area (Å²) in [6.45, 7) is 4.28. The van der Waals surface area contributed by atoms with Crippen LogP contribution in [0, 0.1) is 19.3 Å². The molecule has 0 unspecified atom stereocenters. The van der Waals surface area contributed by atoms with Crippen LogP contribution in [0.15, 0.2) is 0 Å². The van der Waals surface area contributed by atoms with Crippen LogP contribution >= 0.6 is 11.6 Å². The number of terminal acetylenes is 1. The van der Waals surface area contributed by atoms with Crippen LogP contribution in [0.1, 0.15) is 18.3 Å². The van der Waals surface area contributed by atoms with Gasteiger partial charge in [0, 0.05) is 12.0 Å². The van der Waals surface area contributed by atoms with Crippen LogP contribution < -0.4 is 5.32 Å². The molecule has 1 aromatic heterocycles. The molecule has 1 N–H and O–H groups in total. The van der Waals surface area contributed by atoms with E-state index in [-0.39, 0.29) is 0 Å². The molecule has 14 heavy (non-hydrogen) atoms. The van der Waals surface area contributed by atoms with E-state index in [9.17, 15) is 0 Å². The third-order valence-electron chi connectivity index (χ3n) is 1.81. The zero-order valence-corrected chi connectivity index (χ0v) is 9.02. The Hall–Kier alpha value is -1.27. The van der Waals surface area contributed by atoms with Gasteiger partial charge in [0.15, 0.2) is 0 Å². The van der Waals surface area contributed by atoms with E-state index in [2.05, 4.69) is 21.2 Å². The summed E-state index contributed by atoms with van der Waals surface area (Å²) in [6.07, 6.45) is 5.90. The van der Waals surface area contributed by atoms with Crippen LogP contribution in [-0.4, -0.2) is 16.5 Å². The second kappa shape index (κ2) is 4.83. The van der Waals surface area contributed by atoms with E-state index in [0.29, 0.717) is 11.7 Å². The fourth-order valence-corrected chi connectivity index (χ4v) is 1.18. The lowest BCUT2D eigenvalue weighted by Gasteiger charge is -2.08. The predicted octanol–water partition coefficient (Wildman–Crippen LogP) is 2.05. The van der Waals surface area contributed by atoms with Crippen LogP contribution in [0.25, 0.3) is 0 Å². The summed E-state index contributed by atoms with van der Waals surface area (Å²) < 4.78 is 0. The Balaban J connectivity index is 3.02. The predicted molar refractivity (Wildman–Crippen MR) is 58.5 cm³/mol. The van der Waals surface area contributed by atoms with Crippen molar-refractivity contribution in [3.05, 3.63) is 16.5 Å². The largest absolute Gasteiger partial charge is 0.359 e. The highest BCUT2D eigenvalue weighted by atomic mass is 35.5. The molecule has 3 nitrogen and oxygen atoms in total. The molecule has 0 aliphatic carbocycles. The van der Waals surface area contributed by atoms with Gasteiger partial charge in [0.1, 0.15) is 16.8 Å². The minimum Gasteiger partial charge on any atom is -0.359 e. The Morgan fingerprint density at radius 2 is 2.21 bits per heavy atom. The topological polar surface area (TPSA) is 37.8 Å². The number of rotatable bonds is 3. The van der Waals surface area contributed by atoms with E-state index in [1.165, 1.54) is 0 Å². The molecule has 0 bridgehead atoms. The van der Waals surface area contributed by atoms with Gasteiger partial charge in [0.2, 0.25) is 0 Å². The van der Waals surface area contributed by atoms with Crippen LogP contribution in [-0.2, 0) is 6.42 Å². The third-order valence-corrected chi connectivity index (χ3v) is 2.17. The molecule has 0 saturated carbocycles. The van der Waals surface area contributed by atoms with Gasteiger partial charge >= 0.3 is 0 Å². The lowest BCUT2D eigenvalue weighted by Crippen LogP contribution is -2.06. The second-order valence-electron chi connectivity index (χ2n) is 2.82. The molecule has 0 atom stereocenters. The minimum atomic E-state index is 0.442. The summed E-state index contributed by atoms with van der Waals surface area (Å²) in [4.78, 5) is 8.41. The van der Waals surface area contributed by atoms with Gasteiger partial charge in [0.05, 0.1) is 6.54 Å². The maximum Gasteiger partial charge on any atom is 0.137 e. The third kappa shape index (κ3) is 2.36. The number of hydrogen-bond donors (Lipinski definition) is 1. The molecule has 0 saturated heterocycles. The van der Waals surface area contributed by atoms with Crippen molar-refractivity contribution >= 4 is 17.4 Å². The summed E-state index contributed by atoms with van der Waals surface area (Å²) >= 11 is 5.93. The molecule has 0 fully saturated rings. The van der Waals surface area contributed by atoms with Gasteiger partial charge in [-0.2, -0.15) is 0 Å². The Morgan fingerprint density at radius 1 is 1.50 bits per heavy atom. The van der Waals surface area contributed by atoms with Crippen molar-refractivity contribution in [3.63, 3.8) is 0 Å². The van der Waals surface area contributed by atoms with E-state index in [1.54, 1.807) is 0 Å². The second-order valence-corrected chi connectivity index (χ2v) is 3.17. The van der Waals surface area contributed by atoms with E-state index >= 15 is 0 Å². The first-order valence-corrected chi connectivity index (χ1v) is 4.77. The van der Waals surface area contributed by atoms with Crippen LogP contribution in [0.2, 0.25) is 5.15 Å². The fourth-order valence-electron chi connectivity index (χ4n) is 0.998. The Bertz CT molecular complexity index is 368. The molecule has 0 aliphatic heterocycles. The van der Waals surface area contributed by atoms with Crippen molar-refractivity contribution < 1.29 is 0 Å². The molecular formula is C10H12ClN3. The van der Waals surface area contributed by atoms with Crippen molar-refractivity contribution in [3.8, 4) is 12.3 Å². The Kier molecular flexibility index (Phi) is 3.73. The normalized spacial score (nSPS) is 9.57. The van der Waals surface area contributed by atoms with Crippen molar-refractivity contribution in [2.24, 2.45) is 0 Å². The van der Waals surface area contributed by atoms with E-state index in [1.807, 2.05) is 13.8 Å². The molecule has 0 amide bonds. The van der Waals surface area contributed by atoms with Gasteiger partial charge in [-0.25, -0.2) is 9.97 Å². The zero-order valence-electron chi connectivity index (χ0n) is 8.26. The monoisotopic (exact) mass is 209 g/mol. The van der Waals surface area contributed by atoms with Crippen molar-refractivity contribution in [2.75, 3.05) is 11.9 Å². The van der Waals surface area contributed by atoms with E-state index < -0.39 is 0 Å². The SMILES string of the molecule is C#CCNc1nc(CC)nc(Cl)c1C. The highest BCUT2D eigenvalue weighted by molar-refractivity contribution is 6.30. The molecular weight excluding hydrogens is 198 g/mol. The lowest BCUT2D eigenvalue weighted by atomic mass is 10.3. The van der Waals surface area contributed by atoms with Gasteiger partial charge in [-0.15, -0.1) is 6.42 Å². The molecule has 4 heteroatoms. The maximum atomic E-state index is 5.93. The summed E-state index contributed by atoms with van der Waals surface area (Å²) in [7, 11) is 0. The molecule has 0 aliphatic rings. The van der Waals surface area contributed by atoms with Crippen LogP contribution in [0.3, 0.4) is 0 Å². The average Bonchev–Trinajstić information content (AvgIpc) is 2.20. The standard InChI is InChI=1S/C10H12ClN3/c1-4-6-12-10-7(3)9(11)13-8(5-2)14-10/h1H,5-6H2,2-3H3,(H,12,13,14). The molecule has 74 valence electrons. The summed E-state index contributed by atoms with van der Waals surface area (Å²) in [6, 6.07) is 0. The van der Waals surface area contributed by atoms with Crippen molar-refractivity contribution in [2.45, 2.75) is 20.3 Å². The number of aryl methyl sites for hydroxylation is 1. The summed E-state index contributed by atoms with van der Waals surface area (Å²) in [5.74, 6) is 3.93. The maximum absolute atomic E-state index is 5.93. The minimum absolute atomic E-state index is 0.442. The average molecular weight is 210 g/mol. The van der Waals surface area contributed by atoms with Gasteiger partial charge in [-0.05, 0) is 6.92 Å². The number of anilines is 1. The summed E-state index contributed by atoms with van der Waals surface area (Å²) in [5.41, 5.74) is 0.833. The molecule has 1 rings (SSSR count). The molecule has 0 aromatic carbocycles. The first-order chi connectivity index (χ1) is 6.69. The van der Waals surface area contributed by atoms with E-state index in [0.717, 1.165) is 23.6 Å². The first kappa shape index (κ1) is 10.8. The van der Waals surface area contributed by atoms with Gasteiger partial charge in [0.25, 0.3) is 0 Å². The smallest absolute Gasteiger partial charge is 0.137 e. The number of nitrogens with one attached hydrogen (secondary N) is 1. The molecule has 0 spiro atoms. The zero-order chi connectivity index (χ0) is 10.6. The first-order valence-electron chi connectivity index (χ1n) is 4.39. The van der Waals surface area contributed by atoms with Gasteiger partial charge < -0.3 is 5.32 Å². The molecule has 1 heterocycles.